The van der Waals surface area contributed by atoms with Crippen LogP contribution in [-0.4, -0.2) is 34.2 Å². The van der Waals surface area contributed by atoms with Gasteiger partial charge in [0.2, 0.25) is 10.0 Å². The minimum Gasteiger partial charge on any atom is -0.207 e. The van der Waals surface area contributed by atoms with Gasteiger partial charge in [-0.15, -0.1) is 3.89 Å². The second-order valence-corrected chi connectivity index (χ2v) is 7.55. The lowest BCUT2D eigenvalue weighted by Gasteiger charge is -2.20. The first-order chi connectivity index (χ1) is 9.23. The smallest absolute Gasteiger partial charge is 0.207 e. The van der Waals surface area contributed by atoms with Gasteiger partial charge < -0.3 is 0 Å². The fourth-order valence-electron chi connectivity index (χ4n) is 1.72. The molecule has 114 valence electrons. The second-order valence-electron chi connectivity index (χ2n) is 4.26. The van der Waals surface area contributed by atoms with Crippen molar-refractivity contribution in [1.29, 1.82) is 0 Å². The number of rotatable bonds is 7. The largest absolute Gasteiger partial charge is 0.332 e. The molecule has 0 fully saturated rings. The molecular formula is C12H18FNO4S2. The number of hydrogen-bond acceptors (Lipinski definition) is 4. The Hall–Kier alpha value is -0.990. The zero-order valence-electron chi connectivity index (χ0n) is 11.4. The molecule has 0 aliphatic carbocycles. The predicted molar refractivity (Wildman–Crippen MR) is 74.1 cm³/mol. The molecule has 1 rings (SSSR count). The van der Waals surface area contributed by atoms with Crippen molar-refractivity contribution in [2.75, 3.05) is 13.1 Å². The minimum atomic E-state index is -4.92. The van der Waals surface area contributed by atoms with Crippen LogP contribution in [0.5, 0.6) is 0 Å². The summed E-state index contributed by atoms with van der Waals surface area (Å²) in [6, 6.07) is 4.35. The highest BCUT2D eigenvalue weighted by atomic mass is 32.3. The highest BCUT2D eigenvalue weighted by Gasteiger charge is 2.24. The lowest BCUT2D eigenvalue weighted by molar-refractivity contribution is 0.419. The summed E-state index contributed by atoms with van der Waals surface area (Å²) in [6.07, 6.45) is 1.54. The number of sulfonamides is 1. The van der Waals surface area contributed by atoms with Gasteiger partial charge in [-0.3, -0.25) is 0 Å². The standard InChI is InChI=1S/C12H18FNO4S2/c1-3-5-9-14(4-2)20(17,18)12-8-6-7-11(10-12)19(13,15)16/h6-8,10H,3-5,9H2,1-2H3. The van der Waals surface area contributed by atoms with Crippen molar-refractivity contribution in [2.45, 2.75) is 36.5 Å². The molecule has 0 bridgehead atoms. The zero-order chi connectivity index (χ0) is 15.4. The van der Waals surface area contributed by atoms with Crippen molar-refractivity contribution in [3.63, 3.8) is 0 Å². The molecule has 0 atom stereocenters. The SMILES string of the molecule is CCCCN(CC)S(=O)(=O)c1cccc(S(=O)(=O)F)c1. The first-order valence-corrected chi connectivity index (χ1v) is 9.10. The Bertz CT molecular complexity index is 656. The summed E-state index contributed by atoms with van der Waals surface area (Å²) in [4.78, 5) is -0.862. The number of benzene rings is 1. The number of halogens is 1. The number of unbranched alkanes of at least 4 members (excludes halogenated alkanes) is 1. The Balaban J connectivity index is 3.21. The van der Waals surface area contributed by atoms with Crippen LogP contribution in [0.1, 0.15) is 26.7 Å². The molecule has 1 aromatic carbocycles. The fraction of sp³-hybridized carbons (Fsp3) is 0.500. The Kier molecular flexibility index (Phi) is 5.67. The fourth-order valence-corrected chi connectivity index (χ4v) is 3.84. The van der Waals surface area contributed by atoms with E-state index in [9.17, 15) is 20.7 Å². The molecule has 0 amide bonds. The van der Waals surface area contributed by atoms with Gasteiger partial charge in [-0.1, -0.05) is 26.3 Å². The van der Waals surface area contributed by atoms with Crippen molar-refractivity contribution in [3.05, 3.63) is 24.3 Å². The van der Waals surface area contributed by atoms with Crippen LogP contribution in [-0.2, 0) is 20.2 Å². The van der Waals surface area contributed by atoms with E-state index in [0.717, 1.165) is 18.6 Å². The van der Waals surface area contributed by atoms with Crippen LogP contribution in [0, 0.1) is 0 Å². The summed E-state index contributed by atoms with van der Waals surface area (Å²) < 4.78 is 60.6. The van der Waals surface area contributed by atoms with Gasteiger partial charge in [0.05, 0.1) is 9.79 Å². The molecule has 20 heavy (non-hydrogen) atoms. The van der Waals surface area contributed by atoms with E-state index in [1.54, 1.807) is 6.92 Å². The van der Waals surface area contributed by atoms with E-state index >= 15 is 0 Å². The molecule has 0 aliphatic rings. The molecule has 0 heterocycles. The van der Waals surface area contributed by atoms with Crippen LogP contribution >= 0.6 is 0 Å². The molecule has 0 saturated carbocycles. The van der Waals surface area contributed by atoms with Gasteiger partial charge in [-0.2, -0.15) is 12.7 Å². The van der Waals surface area contributed by atoms with E-state index in [1.165, 1.54) is 16.4 Å². The predicted octanol–water partition coefficient (Wildman–Crippen LogP) is 2.16. The Labute approximate surface area is 119 Å². The highest BCUT2D eigenvalue weighted by Crippen LogP contribution is 2.21. The Morgan fingerprint density at radius 1 is 1.10 bits per heavy atom. The van der Waals surface area contributed by atoms with Gasteiger partial charge in [0.1, 0.15) is 0 Å². The van der Waals surface area contributed by atoms with E-state index in [4.69, 9.17) is 0 Å². The van der Waals surface area contributed by atoms with Crippen molar-refractivity contribution in [3.8, 4) is 0 Å². The number of nitrogens with zero attached hydrogens (tertiary/aromatic N) is 1. The molecule has 0 saturated heterocycles. The summed E-state index contributed by atoms with van der Waals surface area (Å²) in [6.45, 7) is 4.26. The Morgan fingerprint density at radius 2 is 1.70 bits per heavy atom. The Morgan fingerprint density at radius 3 is 2.20 bits per heavy atom. The van der Waals surface area contributed by atoms with Crippen molar-refractivity contribution in [2.24, 2.45) is 0 Å². The van der Waals surface area contributed by atoms with Gasteiger partial charge in [0.15, 0.2) is 0 Å². The third kappa shape index (κ3) is 4.00. The number of hydrogen-bond donors (Lipinski definition) is 0. The van der Waals surface area contributed by atoms with Crippen LogP contribution in [0.2, 0.25) is 0 Å². The molecule has 8 heteroatoms. The summed E-state index contributed by atoms with van der Waals surface area (Å²) in [5, 5.41) is 0. The summed E-state index contributed by atoms with van der Waals surface area (Å²) in [5.41, 5.74) is 0. The van der Waals surface area contributed by atoms with Gasteiger partial charge in [-0.25, -0.2) is 8.42 Å². The van der Waals surface area contributed by atoms with E-state index in [1.807, 2.05) is 6.92 Å². The third-order valence-corrected chi connectivity index (χ3v) is 5.63. The highest BCUT2D eigenvalue weighted by molar-refractivity contribution is 7.89. The minimum absolute atomic E-state index is 0.214. The molecular weight excluding hydrogens is 305 g/mol. The van der Waals surface area contributed by atoms with Crippen LogP contribution < -0.4 is 0 Å². The average molecular weight is 323 g/mol. The maximum absolute atomic E-state index is 12.9. The first-order valence-electron chi connectivity index (χ1n) is 6.28. The van der Waals surface area contributed by atoms with Crippen molar-refractivity contribution >= 4 is 20.2 Å². The van der Waals surface area contributed by atoms with Gasteiger partial charge in [0.25, 0.3) is 0 Å². The van der Waals surface area contributed by atoms with E-state index in [2.05, 4.69) is 0 Å². The van der Waals surface area contributed by atoms with Crippen LogP contribution in [0.3, 0.4) is 0 Å². The normalized spacial score (nSPS) is 12.8. The lowest BCUT2D eigenvalue weighted by Crippen LogP contribution is -2.31. The van der Waals surface area contributed by atoms with Crippen LogP contribution in [0.4, 0.5) is 3.89 Å². The lowest BCUT2D eigenvalue weighted by atomic mass is 10.3. The maximum atomic E-state index is 12.9. The summed E-state index contributed by atoms with van der Waals surface area (Å²) in [5.74, 6) is 0. The zero-order valence-corrected chi connectivity index (χ0v) is 13.0. The monoisotopic (exact) mass is 323 g/mol. The van der Waals surface area contributed by atoms with Gasteiger partial charge >= 0.3 is 10.2 Å². The summed E-state index contributed by atoms with van der Waals surface area (Å²) >= 11 is 0. The van der Waals surface area contributed by atoms with E-state index in [-0.39, 0.29) is 11.4 Å². The second kappa shape index (κ2) is 6.64. The molecule has 0 aliphatic heterocycles. The average Bonchev–Trinajstić information content (AvgIpc) is 2.38. The van der Waals surface area contributed by atoms with Crippen LogP contribution in [0.15, 0.2) is 34.1 Å². The molecule has 0 spiro atoms. The molecule has 1 aromatic rings. The van der Waals surface area contributed by atoms with Crippen molar-refractivity contribution < 1.29 is 20.7 Å². The van der Waals surface area contributed by atoms with Crippen molar-refractivity contribution in [1.82, 2.24) is 4.31 Å². The first kappa shape index (κ1) is 17.1. The van der Waals surface area contributed by atoms with Gasteiger partial charge in [0, 0.05) is 13.1 Å². The molecule has 0 radical (unpaired) electrons. The molecule has 0 N–H and O–H groups in total. The quantitative estimate of drug-likeness (QED) is 0.721. The molecule has 0 unspecified atom stereocenters. The maximum Gasteiger partial charge on any atom is 0.332 e. The van der Waals surface area contributed by atoms with Gasteiger partial charge in [-0.05, 0) is 24.6 Å². The molecule has 5 nitrogen and oxygen atoms in total. The molecule has 0 aromatic heterocycles. The topological polar surface area (TPSA) is 71.5 Å². The van der Waals surface area contributed by atoms with Crippen LogP contribution in [0.25, 0.3) is 0 Å². The summed E-state index contributed by atoms with van der Waals surface area (Å²) in [7, 11) is -8.72. The van der Waals surface area contributed by atoms with E-state index < -0.39 is 25.1 Å². The third-order valence-electron chi connectivity index (χ3n) is 2.84. The van der Waals surface area contributed by atoms with E-state index in [0.29, 0.717) is 13.0 Å².